The van der Waals surface area contributed by atoms with Gasteiger partial charge in [-0.1, -0.05) is 0 Å². The van der Waals surface area contributed by atoms with Crippen LogP contribution in [0.15, 0.2) is 0 Å². The van der Waals surface area contributed by atoms with Crippen molar-refractivity contribution in [2.24, 2.45) is 11.5 Å². The molecule has 1 fully saturated rings. The summed E-state index contributed by atoms with van der Waals surface area (Å²) in [5.41, 5.74) is 10.5. The molecular weight excluding hydrogens is 164 g/mol. The predicted octanol–water partition coefficient (Wildman–Crippen LogP) is -3.29. The highest BCUT2D eigenvalue weighted by atomic mass is 16.6. The summed E-state index contributed by atoms with van der Waals surface area (Å²) in [4.78, 5) is 0. The summed E-state index contributed by atoms with van der Waals surface area (Å²) in [6.45, 7) is 0.0298. The molecule has 0 amide bonds. The lowest BCUT2D eigenvalue weighted by Gasteiger charge is -2.38. The third-order valence-electron chi connectivity index (χ3n) is 2.00. The molecule has 0 aromatic carbocycles. The Morgan fingerprint density at radius 1 is 1.17 bits per heavy atom. The SMILES string of the molecule is NC[C@@H]1O[C@H](O)C(N)C(O)C1O. The lowest BCUT2D eigenvalue weighted by Crippen LogP contribution is -2.62. The molecule has 7 N–H and O–H groups in total. The highest BCUT2D eigenvalue weighted by Crippen LogP contribution is 2.17. The fourth-order valence-corrected chi connectivity index (χ4v) is 1.16. The summed E-state index contributed by atoms with van der Waals surface area (Å²) >= 11 is 0. The molecule has 0 aromatic heterocycles. The first kappa shape index (κ1) is 9.85. The Kier molecular flexibility index (Phi) is 2.99. The summed E-state index contributed by atoms with van der Waals surface area (Å²) in [5, 5.41) is 27.6. The maximum atomic E-state index is 9.28. The van der Waals surface area contributed by atoms with E-state index in [9.17, 15) is 10.2 Å². The van der Waals surface area contributed by atoms with E-state index in [1.807, 2.05) is 0 Å². The molecule has 6 heteroatoms. The van der Waals surface area contributed by atoms with Gasteiger partial charge in [0.15, 0.2) is 6.29 Å². The van der Waals surface area contributed by atoms with Gasteiger partial charge in [-0.3, -0.25) is 0 Å². The van der Waals surface area contributed by atoms with E-state index in [1.165, 1.54) is 0 Å². The van der Waals surface area contributed by atoms with E-state index in [4.69, 9.17) is 21.3 Å². The minimum absolute atomic E-state index is 0.0298. The zero-order valence-electron chi connectivity index (χ0n) is 6.50. The van der Waals surface area contributed by atoms with Gasteiger partial charge in [-0.25, -0.2) is 0 Å². The van der Waals surface area contributed by atoms with E-state index in [2.05, 4.69) is 0 Å². The lowest BCUT2D eigenvalue weighted by atomic mass is 9.98. The second-order valence-corrected chi connectivity index (χ2v) is 2.86. The first-order valence-electron chi connectivity index (χ1n) is 3.73. The minimum Gasteiger partial charge on any atom is -0.388 e. The van der Waals surface area contributed by atoms with Crippen LogP contribution in [0.3, 0.4) is 0 Å². The molecule has 0 aliphatic carbocycles. The van der Waals surface area contributed by atoms with Crippen molar-refractivity contribution in [1.29, 1.82) is 0 Å². The van der Waals surface area contributed by atoms with Gasteiger partial charge in [0.25, 0.3) is 0 Å². The Morgan fingerprint density at radius 2 is 1.75 bits per heavy atom. The zero-order valence-corrected chi connectivity index (χ0v) is 6.50. The standard InChI is InChI=1S/C6H14N2O4/c7-1-2-4(9)5(10)3(8)6(11)12-2/h2-6,9-11H,1,7-8H2/t2-,3?,4?,5?,6-/m0/s1. The van der Waals surface area contributed by atoms with E-state index in [0.717, 1.165) is 0 Å². The van der Waals surface area contributed by atoms with Crippen molar-refractivity contribution in [2.75, 3.05) is 6.54 Å². The minimum atomic E-state index is -1.27. The molecule has 0 saturated carbocycles. The number of hydrogen-bond acceptors (Lipinski definition) is 6. The van der Waals surface area contributed by atoms with Crippen LogP contribution in [0, 0.1) is 0 Å². The molecule has 72 valence electrons. The van der Waals surface area contributed by atoms with Crippen LogP contribution >= 0.6 is 0 Å². The van der Waals surface area contributed by atoms with Crippen molar-refractivity contribution in [2.45, 2.75) is 30.6 Å². The second kappa shape index (κ2) is 3.65. The van der Waals surface area contributed by atoms with Crippen molar-refractivity contribution < 1.29 is 20.1 Å². The second-order valence-electron chi connectivity index (χ2n) is 2.86. The van der Waals surface area contributed by atoms with Crippen molar-refractivity contribution in [1.82, 2.24) is 0 Å². The smallest absolute Gasteiger partial charge is 0.172 e. The van der Waals surface area contributed by atoms with Crippen LogP contribution in [0.25, 0.3) is 0 Å². The molecule has 1 saturated heterocycles. The fraction of sp³-hybridized carbons (Fsp3) is 1.00. The average molecular weight is 178 g/mol. The van der Waals surface area contributed by atoms with Gasteiger partial charge in [-0.2, -0.15) is 0 Å². The monoisotopic (exact) mass is 178 g/mol. The van der Waals surface area contributed by atoms with Crippen LogP contribution in [-0.2, 0) is 4.74 Å². The van der Waals surface area contributed by atoms with Crippen LogP contribution < -0.4 is 11.5 Å². The van der Waals surface area contributed by atoms with E-state index in [1.54, 1.807) is 0 Å². The molecule has 0 bridgehead atoms. The van der Waals surface area contributed by atoms with Crippen LogP contribution in [-0.4, -0.2) is 52.5 Å². The van der Waals surface area contributed by atoms with E-state index >= 15 is 0 Å². The van der Waals surface area contributed by atoms with Gasteiger partial charge in [0.2, 0.25) is 0 Å². The highest BCUT2D eigenvalue weighted by Gasteiger charge is 2.41. The maximum Gasteiger partial charge on any atom is 0.172 e. The third-order valence-corrected chi connectivity index (χ3v) is 2.00. The van der Waals surface area contributed by atoms with Crippen LogP contribution in [0.5, 0.6) is 0 Å². The number of aliphatic hydroxyl groups excluding tert-OH is 3. The van der Waals surface area contributed by atoms with E-state index in [0.29, 0.717) is 0 Å². The molecule has 1 rings (SSSR count). The average Bonchev–Trinajstić information content (AvgIpc) is 2.08. The van der Waals surface area contributed by atoms with Crippen LogP contribution in [0.4, 0.5) is 0 Å². The molecule has 0 spiro atoms. The Balaban J connectivity index is 2.63. The summed E-state index contributed by atoms with van der Waals surface area (Å²) in [6, 6.07) is -0.984. The zero-order chi connectivity index (χ0) is 9.30. The molecule has 1 aliphatic heterocycles. The highest BCUT2D eigenvalue weighted by molar-refractivity contribution is 4.91. The molecule has 3 unspecified atom stereocenters. The number of rotatable bonds is 1. The fourth-order valence-electron chi connectivity index (χ4n) is 1.16. The van der Waals surface area contributed by atoms with Gasteiger partial charge in [0.05, 0.1) is 6.04 Å². The largest absolute Gasteiger partial charge is 0.388 e. The Bertz CT molecular complexity index is 152. The molecular formula is C6H14N2O4. The normalized spacial score (nSPS) is 49.2. The van der Waals surface area contributed by atoms with Gasteiger partial charge in [-0.15, -0.1) is 0 Å². The van der Waals surface area contributed by atoms with E-state index < -0.39 is 30.6 Å². The number of ether oxygens (including phenoxy) is 1. The summed E-state index contributed by atoms with van der Waals surface area (Å²) in [6.07, 6.45) is -4.34. The quantitative estimate of drug-likeness (QED) is 0.287. The van der Waals surface area contributed by atoms with Crippen molar-refractivity contribution >= 4 is 0 Å². The summed E-state index contributed by atoms with van der Waals surface area (Å²) < 4.78 is 4.83. The molecule has 12 heavy (non-hydrogen) atoms. The predicted molar refractivity (Wildman–Crippen MR) is 39.9 cm³/mol. The third kappa shape index (κ3) is 1.58. The summed E-state index contributed by atoms with van der Waals surface area (Å²) in [7, 11) is 0. The van der Waals surface area contributed by atoms with Gasteiger partial charge in [0, 0.05) is 6.54 Å². The number of hydrogen-bond donors (Lipinski definition) is 5. The van der Waals surface area contributed by atoms with Crippen LogP contribution in [0.2, 0.25) is 0 Å². The van der Waals surface area contributed by atoms with Gasteiger partial charge < -0.3 is 31.5 Å². The molecule has 0 radical (unpaired) electrons. The van der Waals surface area contributed by atoms with Crippen LogP contribution in [0.1, 0.15) is 0 Å². The molecule has 6 nitrogen and oxygen atoms in total. The number of nitrogens with two attached hydrogens (primary N) is 2. The maximum absolute atomic E-state index is 9.28. The van der Waals surface area contributed by atoms with Crippen molar-refractivity contribution in [3.8, 4) is 0 Å². The topological polar surface area (TPSA) is 122 Å². The van der Waals surface area contributed by atoms with Crippen molar-refractivity contribution in [3.05, 3.63) is 0 Å². The summed E-state index contributed by atoms with van der Waals surface area (Å²) in [5.74, 6) is 0. The lowest BCUT2D eigenvalue weighted by molar-refractivity contribution is -0.238. The van der Waals surface area contributed by atoms with Gasteiger partial charge >= 0.3 is 0 Å². The van der Waals surface area contributed by atoms with Gasteiger partial charge in [0.1, 0.15) is 18.3 Å². The van der Waals surface area contributed by atoms with E-state index in [-0.39, 0.29) is 6.54 Å². The Hall–Kier alpha value is -0.240. The first-order valence-corrected chi connectivity index (χ1v) is 3.73. The Morgan fingerprint density at radius 3 is 2.25 bits per heavy atom. The van der Waals surface area contributed by atoms with Gasteiger partial charge in [-0.05, 0) is 0 Å². The number of aliphatic hydroxyl groups is 3. The first-order chi connectivity index (χ1) is 5.57. The molecule has 1 heterocycles. The van der Waals surface area contributed by atoms with Crippen molar-refractivity contribution in [3.63, 3.8) is 0 Å². The Labute approximate surface area is 69.7 Å². The molecule has 0 aromatic rings. The molecule has 1 aliphatic rings. The molecule has 5 atom stereocenters.